The lowest BCUT2D eigenvalue weighted by molar-refractivity contribution is -0.135. The van der Waals surface area contributed by atoms with Crippen LogP contribution >= 0.6 is 0 Å². The van der Waals surface area contributed by atoms with Crippen molar-refractivity contribution in [1.82, 2.24) is 30.0 Å². The molecule has 0 unspecified atom stereocenters. The van der Waals surface area contributed by atoms with Gasteiger partial charge >= 0.3 is 0 Å². The van der Waals surface area contributed by atoms with Gasteiger partial charge in [-0.05, 0) is 49.2 Å². The van der Waals surface area contributed by atoms with Crippen molar-refractivity contribution >= 4 is 5.91 Å². The van der Waals surface area contributed by atoms with Crippen molar-refractivity contribution in [2.75, 3.05) is 46.5 Å². The number of piperidine rings is 1. The van der Waals surface area contributed by atoms with Crippen LogP contribution in [0.5, 0.6) is 0 Å². The predicted molar refractivity (Wildman–Crippen MR) is 99.0 cm³/mol. The molecule has 0 aliphatic carbocycles. The molecule has 27 heavy (non-hydrogen) atoms. The Morgan fingerprint density at radius 1 is 1.07 bits per heavy atom. The Balaban J connectivity index is 1.45. The monoisotopic (exact) mass is 380 g/mol. The van der Waals surface area contributed by atoms with E-state index in [0.717, 1.165) is 51.4 Å². The molecule has 3 heterocycles. The molecule has 0 N–H and O–H groups in total. The Labute approximate surface area is 161 Å². The summed E-state index contributed by atoms with van der Waals surface area (Å²) >= 11 is 0. The molecule has 0 spiro atoms. The molecule has 2 saturated heterocycles. The van der Waals surface area contributed by atoms with Crippen LogP contribution in [0, 0.1) is 0 Å². The summed E-state index contributed by atoms with van der Waals surface area (Å²) < 4.78 is 12.4. The summed E-state index contributed by atoms with van der Waals surface area (Å²) in [5.41, 5.74) is 0. The standard InChI is InChI=1S/C18H32N6O3/c1-26-12-13-27-16-6-10-23(11-7-16)18(25)15-24-17(19-20-21-24)14-22-8-4-2-3-5-9-22/h16H,2-15H2,1H3. The number of aromatic nitrogens is 4. The first-order valence-electron chi connectivity index (χ1n) is 10.1. The molecule has 152 valence electrons. The fourth-order valence-corrected chi connectivity index (χ4v) is 3.75. The van der Waals surface area contributed by atoms with E-state index in [2.05, 4.69) is 20.4 Å². The van der Waals surface area contributed by atoms with Crippen molar-refractivity contribution in [3.8, 4) is 0 Å². The minimum atomic E-state index is 0.0785. The van der Waals surface area contributed by atoms with E-state index in [0.29, 0.717) is 13.2 Å². The third-order valence-corrected chi connectivity index (χ3v) is 5.39. The minimum Gasteiger partial charge on any atom is -0.382 e. The average Bonchev–Trinajstić information content (AvgIpc) is 2.94. The zero-order chi connectivity index (χ0) is 18.9. The van der Waals surface area contributed by atoms with E-state index in [9.17, 15) is 4.79 Å². The van der Waals surface area contributed by atoms with Gasteiger partial charge in [0, 0.05) is 20.2 Å². The highest BCUT2D eigenvalue weighted by atomic mass is 16.5. The van der Waals surface area contributed by atoms with Gasteiger partial charge in [-0.1, -0.05) is 12.8 Å². The van der Waals surface area contributed by atoms with Crippen LogP contribution in [0.15, 0.2) is 0 Å². The Kier molecular flexibility index (Phi) is 7.97. The zero-order valence-electron chi connectivity index (χ0n) is 16.4. The van der Waals surface area contributed by atoms with Gasteiger partial charge in [0.1, 0.15) is 6.54 Å². The number of nitrogens with zero attached hydrogens (tertiary/aromatic N) is 6. The van der Waals surface area contributed by atoms with Crippen molar-refractivity contribution in [2.24, 2.45) is 0 Å². The topological polar surface area (TPSA) is 85.6 Å². The molecule has 0 radical (unpaired) electrons. The molecule has 0 aromatic carbocycles. The number of hydrogen-bond acceptors (Lipinski definition) is 7. The smallest absolute Gasteiger partial charge is 0.244 e. The molecule has 2 fully saturated rings. The van der Waals surface area contributed by atoms with Gasteiger partial charge < -0.3 is 14.4 Å². The fourth-order valence-electron chi connectivity index (χ4n) is 3.75. The van der Waals surface area contributed by atoms with Gasteiger partial charge in [0.2, 0.25) is 5.91 Å². The van der Waals surface area contributed by atoms with Crippen molar-refractivity contribution < 1.29 is 14.3 Å². The number of carbonyl (C=O) groups excluding carboxylic acids is 1. The fraction of sp³-hybridized carbons (Fsp3) is 0.889. The van der Waals surface area contributed by atoms with E-state index < -0.39 is 0 Å². The molecule has 0 saturated carbocycles. The van der Waals surface area contributed by atoms with Gasteiger partial charge in [0.05, 0.1) is 25.9 Å². The van der Waals surface area contributed by atoms with Crippen LogP contribution in [0.4, 0.5) is 0 Å². The van der Waals surface area contributed by atoms with Gasteiger partial charge in [-0.2, -0.15) is 0 Å². The molecular weight excluding hydrogens is 348 g/mol. The van der Waals surface area contributed by atoms with Crippen LogP contribution in [0.2, 0.25) is 0 Å². The van der Waals surface area contributed by atoms with E-state index >= 15 is 0 Å². The Hall–Kier alpha value is -1.58. The SMILES string of the molecule is COCCOC1CCN(C(=O)Cn2nnnc2CN2CCCCCC2)CC1. The molecule has 1 amide bonds. The third kappa shape index (κ3) is 6.22. The van der Waals surface area contributed by atoms with E-state index in [1.54, 1.807) is 11.8 Å². The zero-order valence-corrected chi connectivity index (χ0v) is 16.4. The van der Waals surface area contributed by atoms with Gasteiger partial charge in [-0.25, -0.2) is 4.68 Å². The van der Waals surface area contributed by atoms with Crippen molar-refractivity contribution in [1.29, 1.82) is 0 Å². The summed E-state index contributed by atoms with van der Waals surface area (Å²) in [6.45, 7) is 5.76. The number of ether oxygens (including phenoxy) is 2. The Bertz CT molecular complexity index is 565. The quantitative estimate of drug-likeness (QED) is 0.614. The predicted octanol–water partition coefficient (Wildman–Crippen LogP) is 0.703. The van der Waals surface area contributed by atoms with Crippen LogP contribution < -0.4 is 0 Å². The number of hydrogen-bond donors (Lipinski definition) is 0. The highest BCUT2D eigenvalue weighted by molar-refractivity contribution is 5.76. The Morgan fingerprint density at radius 3 is 2.52 bits per heavy atom. The number of rotatable bonds is 8. The van der Waals surface area contributed by atoms with Crippen LogP contribution in [0.3, 0.4) is 0 Å². The molecule has 3 rings (SSSR count). The largest absolute Gasteiger partial charge is 0.382 e. The molecule has 9 heteroatoms. The molecular formula is C18H32N6O3. The summed E-state index contributed by atoms with van der Waals surface area (Å²) in [4.78, 5) is 17.0. The van der Waals surface area contributed by atoms with Crippen LogP contribution in [-0.4, -0.2) is 88.5 Å². The van der Waals surface area contributed by atoms with Gasteiger partial charge in [0.25, 0.3) is 0 Å². The average molecular weight is 380 g/mol. The number of likely N-dealkylation sites (tertiary alicyclic amines) is 2. The summed E-state index contributed by atoms with van der Waals surface area (Å²) in [5, 5.41) is 12.0. The number of methoxy groups -OCH3 is 1. The lowest BCUT2D eigenvalue weighted by Crippen LogP contribution is -2.43. The lowest BCUT2D eigenvalue weighted by atomic mass is 10.1. The maximum absolute atomic E-state index is 12.7. The summed E-state index contributed by atoms with van der Waals surface area (Å²) in [6.07, 6.45) is 6.99. The summed E-state index contributed by atoms with van der Waals surface area (Å²) in [6, 6.07) is 0. The molecule has 2 aliphatic heterocycles. The van der Waals surface area contributed by atoms with Gasteiger partial charge in [-0.3, -0.25) is 9.69 Å². The first-order chi connectivity index (χ1) is 13.3. The van der Waals surface area contributed by atoms with Crippen molar-refractivity contribution in [3.05, 3.63) is 5.82 Å². The Morgan fingerprint density at radius 2 is 1.81 bits per heavy atom. The second-order valence-corrected chi connectivity index (χ2v) is 7.39. The summed E-state index contributed by atoms with van der Waals surface area (Å²) in [7, 11) is 1.67. The second kappa shape index (κ2) is 10.7. The normalized spacial score (nSPS) is 20.0. The van der Waals surface area contributed by atoms with Crippen LogP contribution in [0.1, 0.15) is 44.3 Å². The highest BCUT2D eigenvalue weighted by Gasteiger charge is 2.24. The van der Waals surface area contributed by atoms with E-state index in [1.807, 2.05) is 4.90 Å². The number of amides is 1. The van der Waals surface area contributed by atoms with E-state index in [4.69, 9.17) is 9.47 Å². The molecule has 1 aromatic rings. The molecule has 2 aliphatic rings. The third-order valence-electron chi connectivity index (χ3n) is 5.39. The van der Waals surface area contributed by atoms with Crippen molar-refractivity contribution in [3.63, 3.8) is 0 Å². The number of carbonyl (C=O) groups is 1. The molecule has 1 aromatic heterocycles. The van der Waals surface area contributed by atoms with E-state index in [1.165, 1.54) is 25.7 Å². The number of tetrazole rings is 1. The van der Waals surface area contributed by atoms with Gasteiger partial charge in [0.15, 0.2) is 5.82 Å². The molecule has 9 nitrogen and oxygen atoms in total. The molecule has 0 atom stereocenters. The molecule has 0 bridgehead atoms. The van der Waals surface area contributed by atoms with E-state index in [-0.39, 0.29) is 18.6 Å². The maximum atomic E-state index is 12.7. The lowest BCUT2D eigenvalue weighted by Gasteiger charge is -2.32. The van der Waals surface area contributed by atoms with Crippen molar-refractivity contribution in [2.45, 2.75) is 57.7 Å². The minimum absolute atomic E-state index is 0.0785. The maximum Gasteiger partial charge on any atom is 0.244 e. The highest BCUT2D eigenvalue weighted by Crippen LogP contribution is 2.15. The second-order valence-electron chi connectivity index (χ2n) is 7.39. The first kappa shape index (κ1) is 20.2. The van der Waals surface area contributed by atoms with Gasteiger partial charge in [-0.15, -0.1) is 5.10 Å². The van der Waals surface area contributed by atoms with Crippen LogP contribution in [-0.2, 0) is 27.4 Å². The van der Waals surface area contributed by atoms with Crippen LogP contribution in [0.25, 0.3) is 0 Å². The summed E-state index contributed by atoms with van der Waals surface area (Å²) in [5.74, 6) is 0.859. The first-order valence-corrected chi connectivity index (χ1v) is 10.1.